The van der Waals surface area contributed by atoms with Crippen molar-refractivity contribution in [2.75, 3.05) is 32.6 Å². The topological polar surface area (TPSA) is 97.1 Å². The van der Waals surface area contributed by atoms with Gasteiger partial charge in [0.15, 0.2) is 0 Å². The third kappa shape index (κ3) is 4.13. The molecule has 0 aliphatic carbocycles. The Hall–Kier alpha value is -2.58. The number of aliphatic hydroxyl groups excluding tert-OH is 1. The van der Waals surface area contributed by atoms with Crippen LogP contribution in [0.15, 0.2) is 22.7 Å². The number of carbonyl (C=O) groups excluding carboxylic acids is 1. The molecular weight excluding hydrogens is 362 g/mol. The van der Waals surface area contributed by atoms with Crippen molar-refractivity contribution in [3.63, 3.8) is 0 Å². The van der Waals surface area contributed by atoms with Crippen LogP contribution in [-0.2, 0) is 16.8 Å². The molecule has 0 spiro atoms. The molecule has 1 aliphatic rings. The summed E-state index contributed by atoms with van der Waals surface area (Å²) in [5, 5.41) is 17.3. The predicted molar refractivity (Wildman–Crippen MR) is 104 cm³/mol. The minimum absolute atomic E-state index is 0.0996. The number of aromatic nitrogens is 1. The molecule has 1 amide bonds. The second-order valence-corrected chi connectivity index (χ2v) is 7.92. The second kappa shape index (κ2) is 7.81. The SMILES string of the molecule is COc1ccc(OC)c2c1CN(CC(=O)Nc1cc(C(C)(C)C)no1)CC2O. The highest BCUT2D eigenvalue weighted by Gasteiger charge is 2.30. The summed E-state index contributed by atoms with van der Waals surface area (Å²) < 4.78 is 16.0. The van der Waals surface area contributed by atoms with Crippen molar-refractivity contribution in [1.29, 1.82) is 0 Å². The largest absolute Gasteiger partial charge is 0.496 e. The lowest BCUT2D eigenvalue weighted by atomic mass is 9.92. The molecule has 1 aromatic carbocycles. The van der Waals surface area contributed by atoms with Crippen molar-refractivity contribution in [1.82, 2.24) is 10.1 Å². The lowest BCUT2D eigenvalue weighted by Crippen LogP contribution is -2.39. The summed E-state index contributed by atoms with van der Waals surface area (Å²) in [6.07, 6.45) is -0.778. The van der Waals surface area contributed by atoms with E-state index >= 15 is 0 Å². The van der Waals surface area contributed by atoms with Crippen LogP contribution in [0.25, 0.3) is 0 Å². The number of aliphatic hydroxyl groups is 1. The predicted octanol–water partition coefficient (Wildman–Crippen LogP) is 2.48. The van der Waals surface area contributed by atoms with Crippen molar-refractivity contribution in [3.05, 3.63) is 35.0 Å². The number of hydrogen-bond donors (Lipinski definition) is 2. The standard InChI is InChI=1S/C20H27N3O5/c1-20(2,3)16-8-18(28-22-16)21-17(25)11-23-9-12-14(26-4)6-7-15(27-5)19(12)13(24)10-23/h6-8,13,24H,9-11H2,1-5H3,(H,21,25). The normalized spacial score (nSPS) is 17.1. The number of amides is 1. The van der Waals surface area contributed by atoms with Crippen LogP contribution in [-0.4, -0.2) is 48.4 Å². The number of hydrogen-bond acceptors (Lipinski definition) is 7. The van der Waals surface area contributed by atoms with Crippen LogP contribution in [0.5, 0.6) is 11.5 Å². The average Bonchev–Trinajstić information content (AvgIpc) is 3.09. The van der Waals surface area contributed by atoms with Crippen molar-refractivity contribution in [3.8, 4) is 11.5 Å². The number of rotatable bonds is 5. The molecule has 2 N–H and O–H groups in total. The Kier molecular flexibility index (Phi) is 5.62. The minimum atomic E-state index is -0.778. The van der Waals surface area contributed by atoms with Crippen molar-refractivity contribution < 1.29 is 23.9 Å². The molecule has 3 rings (SSSR count). The van der Waals surface area contributed by atoms with E-state index in [0.29, 0.717) is 36.0 Å². The number of ether oxygens (including phenoxy) is 2. The first-order chi connectivity index (χ1) is 13.2. The number of fused-ring (bicyclic) bond motifs is 1. The summed E-state index contributed by atoms with van der Waals surface area (Å²) in [4.78, 5) is 14.3. The van der Waals surface area contributed by atoms with Gasteiger partial charge in [0.25, 0.3) is 0 Å². The Morgan fingerprint density at radius 3 is 2.61 bits per heavy atom. The number of carbonyl (C=O) groups is 1. The van der Waals surface area contributed by atoms with Gasteiger partial charge >= 0.3 is 0 Å². The van der Waals surface area contributed by atoms with Gasteiger partial charge < -0.3 is 19.1 Å². The fraction of sp³-hybridized carbons (Fsp3) is 0.500. The van der Waals surface area contributed by atoms with Gasteiger partial charge in [-0.1, -0.05) is 25.9 Å². The van der Waals surface area contributed by atoms with Crippen molar-refractivity contribution >= 4 is 11.8 Å². The number of nitrogens with one attached hydrogen (secondary N) is 1. The van der Waals surface area contributed by atoms with Gasteiger partial charge in [-0.05, 0) is 12.1 Å². The third-order valence-corrected chi connectivity index (χ3v) is 4.77. The summed E-state index contributed by atoms with van der Waals surface area (Å²) in [5.41, 5.74) is 2.14. The summed E-state index contributed by atoms with van der Waals surface area (Å²) >= 11 is 0. The first-order valence-corrected chi connectivity index (χ1v) is 9.14. The van der Waals surface area contributed by atoms with Crippen LogP contribution in [0.1, 0.15) is 43.7 Å². The van der Waals surface area contributed by atoms with E-state index in [0.717, 1.165) is 11.3 Å². The van der Waals surface area contributed by atoms with E-state index in [1.165, 1.54) is 0 Å². The molecule has 2 heterocycles. The molecule has 1 atom stereocenters. The van der Waals surface area contributed by atoms with E-state index in [-0.39, 0.29) is 17.9 Å². The number of β-amino-alcohol motifs (C(OH)–C–C–N with tert-alkyl or cyclic N) is 1. The van der Waals surface area contributed by atoms with Gasteiger partial charge in [0, 0.05) is 35.7 Å². The zero-order valence-corrected chi connectivity index (χ0v) is 16.9. The molecule has 152 valence electrons. The number of nitrogens with zero attached hydrogens (tertiary/aromatic N) is 2. The Balaban J connectivity index is 1.71. The summed E-state index contributed by atoms with van der Waals surface area (Å²) in [6.45, 7) is 6.93. The van der Waals surface area contributed by atoms with Gasteiger partial charge in [-0.3, -0.25) is 15.0 Å². The van der Waals surface area contributed by atoms with E-state index in [2.05, 4.69) is 10.5 Å². The molecule has 0 saturated carbocycles. The Bertz CT molecular complexity index is 856. The zero-order chi connectivity index (χ0) is 20.5. The molecule has 0 saturated heterocycles. The summed E-state index contributed by atoms with van der Waals surface area (Å²) in [7, 11) is 3.15. The first-order valence-electron chi connectivity index (χ1n) is 9.14. The molecule has 28 heavy (non-hydrogen) atoms. The van der Waals surface area contributed by atoms with Gasteiger partial charge in [-0.15, -0.1) is 0 Å². The van der Waals surface area contributed by atoms with Crippen LogP contribution in [0.2, 0.25) is 0 Å². The lowest BCUT2D eigenvalue weighted by molar-refractivity contribution is -0.118. The molecule has 1 aliphatic heterocycles. The lowest BCUT2D eigenvalue weighted by Gasteiger charge is -2.33. The number of methoxy groups -OCH3 is 2. The van der Waals surface area contributed by atoms with E-state index in [4.69, 9.17) is 14.0 Å². The highest BCUT2D eigenvalue weighted by Crippen LogP contribution is 2.39. The first kappa shape index (κ1) is 20.2. The van der Waals surface area contributed by atoms with Gasteiger partial charge in [0.2, 0.25) is 11.8 Å². The summed E-state index contributed by atoms with van der Waals surface area (Å²) in [6, 6.07) is 5.31. The molecule has 0 fully saturated rings. The number of benzene rings is 1. The minimum Gasteiger partial charge on any atom is -0.496 e. The van der Waals surface area contributed by atoms with E-state index in [9.17, 15) is 9.90 Å². The molecule has 1 aromatic heterocycles. The fourth-order valence-electron chi connectivity index (χ4n) is 3.33. The molecule has 2 aromatic rings. The Morgan fingerprint density at radius 2 is 2.00 bits per heavy atom. The van der Waals surface area contributed by atoms with Gasteiger partial charge in [0.05, 0.1) is 32.6 Å². The van der Waals surface area contributed by atoms with Crippen LogP contribution >= 0.6 is 0 Å². The average molecular weight is 389 g/mol. The second-order valence-electron chi connectivity index (χ2n) is 7.92. The molecule has 8 nitrogen and oxygen atoms in total. The van der Waals surface area contributed by atoms with Crippen molar-refractivity contribution in [2.24, 2.45) is 0 Å². The summed E-state index contributed by atoms with van der Waals surface area (Å²) in [5.74, 6) is 1.34. The molecular formula is C20H27N3O5. The van der Waals surface area contributed by atoms with E-state index < -0.39 is 6.10 Å². The monoisotopic (exact) mass is 389 g/mol. The molecule has 1 unspecified atom stereocenters. The number of anilines is 1. The third-order valence-electron chi connectivity index (χ3n) is 4.77. The van der Waals surface area contributed by atoms with Crippen molar-refractivity contribution in [2.45, 2.75) is 38.8 Å². The quantitative estimate of drug-likeness (QED) is 0.811. The van der Waals surface area contributed by atoms with Crippen LogP contribution in [0.3, 0.4) is 0 Å². The van der Waals surface area contributed by atoms with E-state index in [1.807, 2.05) is 25.7 Å². The smallest absolute Gasteiger partial charge is 0.240 e. The molecule has 8 heteroatoms. The van der Waals surface area contributed by atoms with Gasteiger partial charge in [-0.2, -0.15) is 0 Å². The van der Waals surface area contributed by atoms with E-state index in [1.54, 1.807) is 32.4 Å². The Morgan fingerprint density at radius 1 is 1.32 bits per heavy atom. The Labute approximate surface area is 164 Å². The maximum absolute atomic E-state index is 12.5. The highest BCUT2D eigenvalue weighted by atomic mass is 16.5. The molecule has 0 bridgehead atoms. The van der Waals surface area contributed by atoms with Gasteiger partial charge in [-0.25, -0.2) is 0 Å². The maximum Gasteiger partial charge on any atom is 0.240 e. The highest BCUT2D eigenvalue weighted by molar-refractivity contribution is 5.91. The fourth-order valence-corrected chi connectivity index (χ4v) is 3.33. The maximum atomic E-state index is 12.5. The van der Waals surface area contributed by atoms with Crippen LogP contribution in [0, 0.1) is 0 Å². The van der Waals surface area contributed by atoms with Crippen LogP contribution in [0.4, 0.5) is 5.88 Å². The zero-order valence-electron chi connectivity index (χ0n) is 16.9. The van der Waals surface area contributed by atoms with Gasteiger partial charge in [0.1, 0.15) is 11.5 Å². The molecule has 0 radical (unpaired) electrons. The van der Waals surface area contributed by atoms with Crippen LogP contribution < -0.4 is 14.8 Å².